The van der Waals surface area contributed by atoms with Gasteiger partial charge in [-0.2, -0.15) is 13.2 Å². The predicted molar refractivity (Wildman–Crippen MR) is 83.6 cm³/mol. The molecule has 1 fully saturated rings. The predicted octanol–water partition coefficient (Wildman–Crippen LogP) is 2.98. The van der Waals surface area contributed by atoms with Crippen molar-refractivity contribution in [2.75, 3.05) is 25.0 Å². The summed E-state index contributed by atoms with van der Waals surface area (Å²) >= 11 is 0. The summed E-state index contributed by atoms with van der Waals surface area (Å²) in [6.45, 7) is 0.756. The van der Waals surface area contributed by atoms with E-state index in [4.69, 9.17) is 4.74 Å². The summed E-state index contributed by atoms with van der Waals surface area (Å²) in [4.78, 5) is 15.3. The first-order valence-electron chi connectivity index (χ1n) is 8.10. The average Bonchev–Trinajstić information content (AvgIpc) is 2.57. The van der Waals surface area contributed by atoms with Crippen molar-refractivity contribution in [1.29, 1.82) is 0 Å². The molecule has 0 radical (unpaired) electrons. The van der Waals surface area contributed by atoms with Crippen molar-refractivity contribution in [3.05, 3.63) is 23.9 Å². The van der Waals surface area contributed by atoms with Crippen LogP contribution in [0.15, 0.2) is 18.3 Å². The molecule has 1 aliphatic carbocycles. The molecule has 24 heavy (non-hydrogen) atoms. The Hall–Kier alpha value is -1.83. The van der Waals surface area contributed by atoms with Crippen molar-refractivity contribution in [1.82, 2.24) is 10.3 Å². The highest BCUT2D eigenvalue weighted by molar-refractivity contribution is 5.77. The van der Waals surface area contributed by atoms with Gasteiger partial charge in [-0.05, 0) is 25.0 Å². The highest BCUT2D eigenvalue weighted by Gasteiger charge is 2.30. The van der Waals surface area contributed by atoms with E-state index in [1.165, 1.54) is 12.5 Å². The number of rotatable bonds is 7. The maximum absolute atomic E-state index is 12.4. The lowest BCUT2D eigenvalue weighted by Crippen LogP contribution is -2.33. The van der Waals surface area contributed by atoms with Crippen molar-refractivity contribution in [3.63, 3.8) is 0 Å². The second-order valence-corrected chi connectivity index (χ2v) is 5.78. The molecule has 0 bridgehead atoms. The Morgan fingerprint density at radius 3 is 2.58 bits per heavy atom. The van der Waals surface area contributed by atoms with Gasteiger partial charge in [-0.15, -0.1) is 0 Å². The standard InChI is InChI=1S/C16H22F3N3O2/c17-16(18,19)12-6-7-14(22-10-12)20-8-9-21-15(23)11-24-13-4-2-1-3-5-13/h6-7,10,13H,1-5,8-9,11H2,(H,20,22)(H,21,23). The van der Waals surface area contributed by atoms with Crippen LogP contribution in [-0.2, 0) is 15.7 Å². The Morgan fingerprint density at radius 1 is 1.21 bits per heavy atom. The number of nitrogens with one attached hydrogen (secondary N) is 2. The minimum absolute atomic E-state index is 0.0448. The first-order valence-corrected chi connectivity index (χ1v) is 8.10. The van der Waals surface area contributed by atoms with Gasteiger partial charge >= 0.3 is 6.18 Å². The summed E-state index contributed by atoms with van der Waals surface area (Å²) in [6, 6.07) is 2.22. The van der Waals surface area contributed by atoms with E-state index in [0.29, 0.717) is 18.9 Å². The molecule has 0 unspecified atom stereocenters. The zero-order valence-electron chi connectivity index (χ0n) is 13.4. The lowest BCUT2D eigenvalue weighted by molar-refractivity contribution is -0.137. The van der Waals surface area contributed by atoms with Crippen LogP contribution in [0.1, 0.15) is 37.7 Å². The van der Waals surface area contributed by atoms with Crippen molar-refractivity contribution < 1.29 is 22.7 Å². The molecule has 2 rings (SSSR count). The normalized spacial score (nSPS) is 16.0. The molecular weight excluding hydrogens is 323 g/mol. The molecule has 8 heteroatoms. The van der Waals surface area contributed by atoms with E-state index < -0.39 is 11.7 Å². The van der Waals surface area contributed by atoms with Gasteiger partial charge in [-0.25, -0.2) is 4.98 Å². The first kappa shape index (κ1) is 18.5. The highest BCUT2D eigenvalue weighted by atomic mass is 19.4. The fraction of sp³-hybridized carbons (Fsp3) is 0.625. The maximum atomic E-state index is 12.4. The smallest absolute Gasteiger partial charge is 0.368 e. The van der Waals surface area contributed by atoms with Gasteiger partial charge in [0.05, 0.1) is 11.7 Å². The second-order valence-electron chi connectivity index (χ2n) is 5.78. The van der Waals surface area contributed by atoms with Crippen LogP contribution >= 0.6 is 0 Å². The molecular formula is C16H22F3N3O2. The Balaban J connectivity index is 1.59. The van der Waals surface area contributed by atoms with Crippen molar-refractivity contribution in [3.8, 4) is 0 Å². The molecule has 134 valence electrons. The molecule has 1 aliphatic rings. The molecule has 0 atom stereocenters. The first-order chi connectivity index (χ1) is 11.4. The third-order valence-electron chi connectivity index (χ3n) is 3.85. The summed E-state index contributed by atoms with van der Waals surface area (Å²) in [6.07, 6.45) is 2.11. The summed E-state index contributed by atoms with van der Waals surface area (Å²) in [5, 5.41) is 5.54. The summed E-state index contributed by atoms with van der Waals surface area (Å²) in [5.41, 5.74) is -0.791. The number of carbonyl (C=O) groups is 1. The van der Waals surface area contributed by atoms with E-state index in [9.17, 15) is 18.0 Å². The van der Waals surface area contributed by atoms with Crippen LogP contribution in [0.25, 0.3) is 0 Å². The molecule has 0 aliphatic heterocycles. The number of halogens is 3. The molecule has 1 heterocycles. The number of hydrogen-bond donors (Lipinski definition) is 2. The van der Waals surface area contributed by atoms with E-state index in [-0.39, 0.29) is 18.6 Å². The van der Waals surface area contributed by atoms with Gasteiger partial charge in [0.15, 0.2) is 0 Å². The van der Waals surface area contributed by atoms with Crippen LogP contribution in [-0.4, -0.2) is 36.7 Å². The van der Waals surface area contributed by atoms with Gasteiger partial charge in [0.2, 0.25) is 5.91 Å². The fourth-order valence-electron chi connectivity index (χ4n) is 2.53. The third-order valence-corrected chi connectivity index (χ3v) is 3.85. The van der Waals surface area contributed by atoms with Gasteiger partial charge in [-0.3, -0.25) is 4.79 Å². The monoisotopic (exact) mass is 345 g/mol. The average molecular weight is 345 g/mol. The Bertz CT molecular complexity index is 514. The van der Waals surface area contributed by atoms with Crippen molar-refractivity contribution in [2.24, 2.45) is 0 Å². The van der Waals surface area contributed by atoms with E-state index in [0.717, 1.165) is 37.9 Å². The van der Waals surface area contributed by atoms with Crippen LogP contribution in [0.2, 0.25) is 0 Å². The van der Waals surface area contributed by atoms with E-state index in [1.807, 2.05) is 0 Å². The summed E-state index contributed by atoms with van der Waals surface area (Å²) in [5.74, 6) is 0.137. The Kier molecular flexibility index (Phi) is 6.84. The number of nitrogens with zero attached hydrogens (tertiary/aromatic N) is 1. The summed E-state index contributed by atoms with van der Waals surface area (Å²) in [7, 11) is 0. The van der Waals surface area contributed by atoms with Gasteiger partial charge in [0.25, 0.3) is 0 Å². The zero-order valence-corrected chi connectivity index (χ0v) is 13.4. The zero-order chi connectivity index (χ0) is 17.4. The van der Waals surface area contributed by atoms with E-state index >= 15 is 0 Å². The SMILES string of the molecule is O=C(COC1CCCCC1)NCCNc1ccc(C(F)(F)F)cn1. The molecule has 1 aromatic heterocycles. The summed E-state index contributed by atoms with van der Waals surface area (Å²) < 4.78 is 42.8. The molecule has 1 amide bonds. The second kappa shape index (κ2) is 8.86. The largest absolute Gasteiger partial charge is 0.417 e. The molecule has 0 saturated heterocycles. The molecule has 1 saturated carbocycles. The van der Waals surface area contributed by atoms with Crippen LogP contribution in [0.5, 0.6) is 0 Å². The van der Waals surface area contributed by atoms with Crippen LogP contribution in [0.3, 0.4) is 0 Å². The number of ether oxygens (including phenoxy) is 1. The number of amides is 1. The molecule has 1 aromatic rings. The number of carbonyl (C=O) groups excluding carboxylic acids is 1. The molecule has 2 N–H and O–H groups in total. The Morgan fingerprint density at radius 2 is 1.96 bits per heavy atom. The van der Waals surface area contributed by atoms with E-state index in [1.54, 1.807) is 0 Å². The van der Waals surface area contributed by atoms with Gasteiger partial charge in [0.1, 0.15) is 12.4 Å². The number of alkyl halides is 3. The van der Waals surface area contributed by atoms with Gasteiger partial charge in [-0.1, -0.05) is 19.3 Å². The fourth-order valence-corrected chi connectivity index (χ4v) is 2.53. The third kappa shape index (κ3) is 6.35. The minimum atomic E-state index is -4.39. The number of aromatic nitrogens is 1. The lowest BCUT2D eigenvalue weighted by atomic mass is 9.98. The maximum Gasteiger partial charge on any atom is 0.417 e. The van der Waals surface area contributed by atoms with Crippen molar-refractivity contribution in [2.45, 2.75) is 44.4 Å². The Labute approximate surface area is 139 Å². The minimum Gasteiger partial charge on any atom is -0.368 e. The quantitative estimate of drug-likeness (QED) is 0.746. The van der Waals surface area contributed by atoms with Gasteiger partial charge in [0, 0.05) is 19.3 Å². The molecule has 5 nitrogen and oxygen atoms in total. The van der Waals surface area contributed by atoms with Crippen LogP contribution in [0.4, 0.5) is 19.0 Å². The van der Waals surface area contributed by atoms with E-state index in [2.05, 4.69) is 15.6 Å². The number of pyridine rings is 1. The number of hydrogen-bond acceptors (Lipinski definition) is 4. The molecule has 0 aromatic carbocycles. The van der Waals surface area contributed by atoms with Crippen LogP contribution in [0, 0.1) is 0 Å². The van der Waals surface area contributed by atoms with Gasteiger partial charge < -0.3 is 15.4 Å². The van der Waals surface area contributed by atoms with Crippen LogP contribution < -0.4 is 10.6 Å². The van der Waals surface area contributed by atoms with Crippen molar-refractivity contribution >= 4 is 11.7 Å². The topological polar surface area (TPSA) is 63.2 Å². The lowest BCUT2D eigenvalue weighted by Gasteiger charge is -2.21. The number of anilines is 1. The molecule has 0 spiro atoms. The highest BCUT2D eigenvalue weighted by Crippen LogP contribution is 2.28.